The fraction of sp³-hybridized carbons (Fsp3) is 0.526. The van der Waals surface area contributed by atoms with Gasteiger partial charge in [-0.2, -0.15) is 0 Å². The first-order chi connectivity index (χ1) is 11.2. The molecule has 4 rings (SSSR count). The second-order valence-electron chi connectivity index (χ2n) is 6.69. The maximum absolute atomic E-state index is 12.0. The quantitative estimate of drug-likeness (QED) is 0.804. The molecule has 1 saturated carbocycles. The Bertz CT molecular complexity index is 634. The van der Waals surface area contributed by atoms with E-state index in [0.717, 1.165) is 37.7 Å². The minimum atomic E-state index is -0.385. The van der Waals surface area contributed by atoms with Crippen molar-refractivity contribution in [2.75, 3.05) is 20.3 Å². The molecule has 1 spiro atoms. The number of benzene rings is 1. The smallest absolute Gasteiger partial charge is 0.316 e. The Hall–Kier alpha value is -1.65. The summed E-state index contributed by atoms with van der Waals surface area (Å²) >= 11 is 0. The average Bonchev–Trinajstić information content (AvgIpc) is 3.30. The van der Waals surface area contributed by atoms with Gasteiger partial charge < -0.3 is 14.2 Å². The van der Waals surface area contributed by atoms with Crippen LogP contribution < -0.4 is 0 Å². The highest BCUT2D eigenvalue weighted by molar-refractivity contribution is 5.86. The molecule has 3 aliphatic rings. The molecule has 0 radical (unpaired) electrons. The number of carbonyl (C=O) groups excluding carboxylic acids is 1. The minimum Gasteiger partial charge on any atom is -0.468 e. The maximum Gasteiger partial charge on any atom is 0.316 e. The van der Waals surface area contributed by atoms with Crippen molar-refractivity contribution in [1.82, 2.24) is 0 Å². The zero-order chi connectivity index (χ0) is 15.9. The lowest BCUT2D eigenvalue weighted by Crippen LogP contribution is -2.31. The summed E-state index contributed by atoms with van der Waals surface area (Å²) in [6, 6.07) is 8.40. The second-order valence-corrected chi connectivity index (χ2v) is 6.69. The first kappa shape index (κ1) is 14.9. The molecule has 23 heavy (non-hydrogen) atoms. The molecule has 1 aromatic carbocycles. The summed E-state index contributed by atoms with van der Waals surface area (Å²) in [4.78, 5) is 12.0. The molecule has 0 atom stereocenters. The zero-order valence-corrected chi connectivity index (χ0v) is 13.5. The predicted molar refractivity (Wildman–Crippen MR) is 85.8 cm³/mol. The minimum absolute atomic E-state index is 0.111. The standard InChI is InChI=1S/C19H22O4/c1-21-17(20)18(10-11-18)16-4-2-14(3-5-16)15-6-8-19(9-7-15)22-12-13-23-19/h2-6H,7-13H2,1H3. The monoisotopic (exact) mass is 314 g/mol. The van der Waals surface area contributed by atoms with Crippen LogP contribution in [0.2, 0.25) is 0 Å². The third kappa shape index (κ3) is 2.50. The molecule has 2 fully saturated rings. The molecule has 2 aliphatic carbocycles. The number of methoxy groups -OCH3 is 1. The van der Waals surface area contributed by atoms with Crippen molar-refractivity contribution in [2.45, 2.75) is 43.3 Å². The van der Waals surface area contributed by atoms with E-state index in [-0.39, 0.29) is 17.2 Å². The normalized spacial score (nSPS) is 24.3. The van der Waals surface area contributed by atoms with E-state index in [1.165, 1.54) is 18.2 Å². The summed E-state index contributed by atoms with van der Waals surface area (Å²) < 4.78 is 16.5. The van der Waals surface area contributed by atoms with Crippen molar-refractivity contribution in [3.05, 3.63) is 41.5 Å². The van der Waals surface area contributed by atoms with Gasteiger partial charge in [-0.1, -0.05) is 30.3 Å². The predicted octanol–water partition coefficient (Wildman–Crippen LogP) is 3.20. The summed E-state index contributed by atoms with van der Waals surface area (Å²) in [7, 11) is 1.46. The van der Waals surface area contributed by atoms with Gasteiger partial charge in [0, 0.05) is 12.8 Å². The molecule has 4 heteroatoms. The van der Waals surface area contributed by atoms with Crippen LogP contribution in [-0.4, -0.2) is 32.1 Å². The van der Waals surface area contributed by atoms with E-state index >= 15 is 0 Å². The van der Waals surface area contributed by atoms with Crippen molar-refractivity contribution >= 4 is 11.5 Å². The van der Waals surface area contributed by atoms with Gasteiger partial charge in [0.1, 0.15) is 0 Å². The van der Waals surface area contributed by atoms with E-state index < -0.39 is 0 Å². The number of allylic oxidation sites excluding steroid dienone is 1. The van der Waals surface area contributed by atoms with E-state index in [9.17, 15) is 4.79 Å². The van der Waals surface area contributed by atoms with Crippen LogP contribution in [0.25, 0.3) is 5.57 Å². The number of ether oxygens (including phenoxy) is 3. The number of rotatable bonds is 3. The van der Waals surface area contributed by atoms with Gasteiger partial charge in [-0.25, -0.2) is 0 Å². The molecule has 1 aromatic rings. The van der Waals surface area contributed by atoms with E-state index in [1.807, 2.05) is 0 Å². The van der Waals surface area contributed by atoms with Gasteiger partial charge in [0.25, 0.3) is 0 Å². The van der Waals surface area contributed by atoms with Crippen LogP contribution in [0.5, 0.6) is 0 Å². The number of hydrogen-bond acceptors (Lipinski definition) is 4. The molecule has 0 aromatic heterocycles. The van der Waals surface area contributed by atoms with Gasteiger partial charge in [-0.3, -0.25) is 4.79 Å². The summed E-state index contributed by atoms with van der Waals surface area (Å²) in [5.74, 6) is -0.480. The van der Waals surface area contributed by atoms with Gasteiger partial charge in [0.15, 0.2) is 5.79 Å². The van der Waals surface area contributed by atoms with Crippen LogP contribution in [0, 0.1) is 0 Å². The van der Waals surface area contributed by atoms with E-state index in [4.69, 9.17) is 14.2 Å². The van der Waals surface area contributed by atoms with Crippen LogP contribution in [-0.2, 0) is 24.4 Å². The molecule has 122 valence electrons. The summed E-state index contributed by atoms with van der Waals surface area (Å²) in [5, 5.41) is 0. The molecule has 1 aliphatic heterocycles. The molecule has 0 bridgehead atoms. The van der Waals surface area contributed by atoms with Crippen molar-refractivity contribution in [3.63, 3.8) is 0 Å². The van der Waals surface area contributed by atoms with Crippen molar-refractivity contribution in [2.24, 2.45) is 0 Å². The van der Waals surface area contributed by atoms with Gasteiger partial charge in [0.2, 0.25) is 0 Å². The maximum atomic E-state index is 12.0. The van der Waals surface area contributed by atoms with Crippen LogP contribution in [0.3, 0.4) is 0 Å². The second kappa shape index (κ2) is 5.46. The van der Waals surface area contributed by atoms with Crippen LogP contribution in [0.4, 0.5) is 0 Å². The number of carbonyl (C=O) groups is 1. The highest BCUT2D eigenvalue weighted by atomic mass is 16.7. The Morgan fingerprint density at radius 2 is 1.78 bits per heavy atom. The third-order valence-corrected chi connectivity index (χ3v) is 5.38. The molecule has 1 heterocycles. The van der Waals surface area contributed by atoms with Crippen molar-refractivity contribution in [1.29, 1.82) is 0 Å². The number of hydrogen-bond donors (Lipinski definition) is 0. The Labute approximate surface area is 136 Å². The van der Waals surface area contributed by atoms with E-state index in [2.05, 4.69) is 30.3 Å². The van der Waals surface area contributed by atoms with E-state index in [1.54, 1.807) is 0 Å². The molecule has 0 unspecified atom stereocenters. The van der Waals surface area contributed by atoms with Gasteiger partial charge in [-0.05, 0) is 36.0 Å². The van der Waals surface area contributed by atoms with Crippen molar-refractivity contribution < 1.29 is 19.0 Å². The Morgan fingerprint density at radius 3 is 2.30 bits per heavy atom. The topological polar surface area (TPSA) is 44.8 Å². The van der Waals surface area contributed by atoms with Crippen LogP contribution in [0.1, 0.15) is 43.2 Å². The lowest BCUT2D eigenvalue weighted by molar-refractivity contribution is -0.159. The van der Waals surface area contributed by atoms with Crippen molar-refractivity contribution in [3.8, 4) is 0 Å². The lowest BCUT2D eigenvalue weighted by Gasteiger charge is -2.30. The molecular weight excluding hydrogens is 292 g/mol. The highest BCUT2D eigenvalue weighted by Crippen LogP contribution is 2.49. The summed E-state index contributed by atoms with van der Waals surface area (Å²) in [6.07, 6.45) is 6.69. The summed E-state index contributed by atoms with van der Waals surface area (Å²) in [5.41, 5.74) is 3.25. The fourth-order valence-electron chi connectivity index (χ4n) is 3.76. The molecule has 1 saturated heterocycles. The third-order valence-electron chi connectivity index (χ3n) is 5.38. The van der Waals surface area contributed by atoms with E-state index in [0.29, 0.717) is 13.2 Å². The molecule has 0 amide bonds. The Kier molecular flexibility index (Phi) is 3.54. The molecular formula is C19H22O4. The SMILES string of the molecule is COC(=O)C1(c2ccc(C3=CCC4(CC3)OCCO4)cc2)CC1. The van der Waals surface area contributed by atoms with Gasteiger partial charge in [0.05, 0.1) is 25.7 Å². The van der Waals surface area contributed by atoms with Crippen LogP contribution in [0.15, 0.2) is 30.3 Å². The summed E-state index contributed by atoms with van der Waals surface area (Å²) in [6.45, 7) is 1.40. The van der Waals surface area contributed by atoms with Gasteiger partial charge in [-0.15, -0.1) is 0 Å². The number of esters is 1. The first-order valence-corrected chi connectivity index (χ1v) is 8.34. The lowest BCUT2D eigenvalue weighted by atomic mass is 9.88. The molecule has 0 N–H and O–H groups in total. The first-order valence-electron chi connectivity index (χ1n) is 8.34. The Balaban J connectivity index is 1.51. The zero-order valence-electron chi connectivity index (χ0n) is 13.5. The Morgan fingerprint density at radius 1 is 1.09 bits per heavy atom. The van der Waals surface area contributed by atoms with Crippen LogP contribution >= 0.6 is 0 Å². The highest BCUT2D eigenvalue weighted by Gasteiger charge is 2.52. The van der Waals surface area contributed by atoms with Gasteiger partial charge >= 0.3 is 5.97 Å². The molecule has 4 nitrogen and oxygen atoms in total. The average molecular weight is 314 g/mol. The fourth-order valence-corrected chi connectivity index (χ4v) is 3.76. The largest absolute Gasteiger partial charge is 0.468 e.